The zero-order valence-corrected chi connectivity index (χ0v) is 13.1. The summed E-state index contributed by atoms with van der Waals surface area (Å²) in [6, 6.07) is 9.90. The number of ether oxygens (including phenoxy) is 1. The Bertz CT molecular complexity index is 686. The van der Waals surface area contributed by atoms with Crippen LogP contribution >= 0.6 is 0 Å². The summed E-state index contributed by atoms with van der Waals surface area (Å²) in [6.45, 7) is 0.543. The van der Waals surface area contributed by atoms with Gasteiger partial charge in [0.1, 0.15) is 11.4 Å². The van der Waals surface area contributed by atoms with Crippen molar-refractivity contribution in [3.8, 4) is 5.75 Å². The van der Waals surface area contributed by atoms with E-state index in [1.807, 2.05) is 24.3 Å². The highest BCUT2D eigenvalue weighted by molar-refractivity contribution is 5.92. The van der Waals surface area contributed by atoms with E-state index in [9.17, 15) is 4.79 Å². The van der Waals surface area contributed by atoms with Crippen LogP contribution in [0.15, 0.2) is 36.5 Å². The van der Waals surface area contributed by atoms with Gasteiger partial charge in [0.2, 0.25) is 5.95 Å². The molecule has 1 aliphatic carbocycles. The largest absolute Gasteiger partial charge is 0.497 e. The Hall–Kier alpha value is -2.63. The smallest absolute Gasteiger partial charge is 0.270 e. The van der Waals surface area contributed by atoms with Crippen molar-refractivity contribution < 1.29 is 9.53 Å². The molecule has 0 atom stereocenters. The van der Waals surface area contributed by atoms with Gasteiger partial charge in [-0.3, -0.25) is 4.79 Å². The Kier molecular flexibility index (Phi) is 4.71. The first kappa shape index (κ1) is 15.3. The molecule has 1 heterocycles. The molecule has 6 nitrogen and oxygen atoms in total. The number of rotatable bonds is 7. The number of benzene rings is 1. The maximum atomic E-state index is 12.2. The number of carbonyl (C=O) groups is 1. The summed E-state index contributed by atoms with van der Waals surface area (Å²) in [5, 5.41) is 6.07. The Labute approximate surface area is 135 Å². The third-order valence-electron chi connectivity index (χ3n) is 3.63. The second kappa shape index (κ2) is 7.09. The third-order valence-corrected chi connectivity index (χ3v) is 3.63. The topological polar surface area (TPSA) is 76.1 Å². The molecule has 1 amide bonds. The molecule has 23 heavy (non-hydrogen) atoms. The lowest BCUT2D eigenvalue weighted by Crippen LogP contribution is -2.27. The zero-order valence-electron chi connectivity index (χ0n) is 13.1. The fraction of sp³-hybridized carbons (Fsp3) is 0.353. The fourth-order valence-electron chi connectivity index (χ4n) is 2.20. The minimum Gasteiger partial charge on any atom is -0.497 e. The molecule has 1 fully saturated rings. The maximum absolute atomic E-state index is 12.2. The molecule has 1 aliphatic rings. The van der Waals surface area contributed by atoms with Gasteiger partial charge in [-0.1, -0.05) is 12.1 Å². The molecule has 0 radical (unpaired) electrons. The Morgan fingerprint density at radius 3 is 3.00 bits per heavy atom. The van der Waals surface area contributed by atoms with E-state index in [4.69, 9.17) is 4.74 Å². The average molecular weight is 312 g/mol. The van der Waals surface area contributed by atoms with Gasteiger partial charge in [-0.2, -0.15) is 0 Å². The first-order chi connectivity index (χ1) is 11.2. The number of aromatic nitrogens is 2. The molecule has 0 spiro atoms. The van der Waals surface area contributed by atoms with Crippen LogP contribution in [-0.4, -0.2) is 35.6 Å². The van der Waals surface area contributed by atoms with Crippen LogP contribution in [0.1, 0.15) is 28.9 Å². The van der Waals surface area contributed by atoms with Crippen LogP contribution in [-0.2, 0) is 6.42 Å². The lowest BCUT2D eigenvalue weighted by molar-refractivity contribution is 0.0949. The van der Waals surface area contributed by atoms with E-state index in [1.165, 1.54) is 0 Å². The Balaban J connectivity index is 1.52. The van der Waals surface area contributed by atoms with E-state index in [0.717, 1.165) is 30.6 Å². The monoisotopic (exact) mass is 312 g/mol. The summed E-state index contributed by atoms with van der Waals surface area (Å²) >= 11 is 0. The first-order valence-corrected chi connectivity index (χ1v) is 7.75. The first-order valence-electron chi connectivity index (χ1n) is 7.75. The van der Waals surface area contributed by atoms with Gasteiger partial charge in [0, 0.05) is 18.8 Å². The van der Waals surface area contributed by atoms with E-state index >= 15 is 0 Å². The van der Waals surface area contributed by atoms with Gasteiger partial charge < -0.3 is 15.4 Å². The highest BCUT2D eigenvalue weighted by Crippen LogP contribution is 2.22. The van der Waals surface area contributed by atoms with Gasteiger partial charge in [0.15, 0.2) is 0 Å². The number of nitrogens with zero attached hydrogens (tertiary/aromatic N) is 2. The molecule has 0 saturated heterocycles. The molecule has 0 aliphatic heterocycles. The van der Waals surface area contributed by atoms with E-state index in [0.29, 0.717) is 24.2 Å². The van der Waals surface area contributed by atoms with Crippen molar-refractivity contribution in [2.45, 2.75) is 25.3 Å². The molecule has 1 aromatic carbocycles. The predicted octanol–water partition coefficient (Wildman–Crippen LogP) is 2.03. The number of carbonyl (C=O) groups excluding carboxylic acids is 1. The standard InChI is InChI=1S/C17H20N4O2/c1-23-14-4-2-3-12(11-14)7-9-18-16(22)15-8-10-19-17(21-15)20-13-5-6-13/h2-4,8,10-11,13H,5-7,9H2,1H3,(H,18,22)(H,19,20,21). The quantitative estimate of drug-likeness (QED) is 0.818. The number of amides is 1. The van der Waals surface area contributed by atoms with Crippen LogP contribution < -0.4 is 15.4 Å². The predicted molar refractivity (Wildman–Crippen MR) is 87.7 cm³/mol. The highest BCUT2D eigenvalue weighted by Gasteiger charge is 2.22. The molecule has 3 rings (SSSR count). The van der Waals surface area contributed by atoms with Crippen molar-refractivity contribution in [3.63, 3.8) is 0 Å². The molecular formula is C17H20N4O2. The van der Waals surface area contributed by atoms with E-state index in [1.54, 1.807) is 19.4 Å². The summed E-state index contributed by atoms with van der Waals surface area (Å²) in [5.41, 5.74) is 1.50. The molecule has 0 bridgehead atoms. The molecule has 2 N–H and O–H groups in total. The van der Waals surface area contributed by atoms with Crippen molar-refractivity contribution in [2.75, 3.05) is 19.0 Å². The number of hydrogen-bond donors (Lipinski definition) is 2. The summed E-state index contributed by atoms with van der Waals surface area (Å²) in [6.07, 6.45) is 4.62. The Morgan fingerprint density at radius 2 is 2.22 bits per heavy atom. The van der Waals surface area contributed by atoms with Crippen LogP contribution in [0.25, 0.3) is 0 Å². The summed E-state index contributed by atoms with van der Waals surface area (Å²) in [5.74, 6) is 1.16. The molecular weight excluding hydrogens is 292 g/mol. The summed E-state index contributed by atoms with van der Waals surface area (Å²) < 4.78 is 5.19. The second-order valence-electron chi connectivity index (χ2n) is 5.54. The van der Waals surface area contributed by atoms with Crippen LogP contribution in [0.5, 0.6) is 5.75 Å². The van der Waals surface area contributed by atoms with Gasteiger partial charge in [0.05, 0.1) is 7.11 Å². The molecule has 2 aromatic rings. The summed E-state index contributed by atoms with van der Waals surface area (Å²) in [4.78, 5) is 20.5. The normalized spacial score (nSPS) is 13.4. The van der Waals surface area contributed by atoms with Gasteiger partial charge in [-0.05, 0) is 43.0 Å². The van der Waals surface area contributed by atoms with Crippen molar-refractivity contribution in [1.29, 1.82) is 0 Å². The number of methoxy groups -OCH3 is 1. The van der Waals surface area contributed by atoms with Crippen LogP contribution in [0.3, 0.4) is 0 Å². The minimum atomic E-state index is -0.186. The van der Waals surface area contributed by atoms with Crippen molar-refractivity contribution in [1.82, 2.24) is 15.3 Å². The maximum Gasteiger partial charge on any atom is 0.270 e. The van der Waals surface area contributed by atoms with E-state index in [2.05, 4.69) is 20.6 Å². The van der Waals surface area contributed by atoms with Crippen LogP contribution in [0.4, 0.5) is 5.95 Å². The van der Waals surface area contributed by atoms with Crippen LogP contribution in [0.2, 0.25) is 0 Å². The number of anilines is 1. The van der Waals surface area contributed by atoms with E-state index in [-0.39, 0.29) is 5.91 Å². The van der Waals surface area contributed by atoms with Gasteiger partial charge >= 0.3 is 0 Å². The van der Waals surface area contributed by atoms with Gasteiger partial charge in [0.25, 0.3) is 5.91 Å². The number of nitrogens with one attached hydrogen (secondary N) is 2. The lowest BCUT2D eigenvalue weighted by atomic mass is 10.1. The second-order valence-corrected chi connectivity index (χ2v) is 5.54. The van der Waals surface area contributed by atoms with Crippen molar-refractivity contribution in [3.05, 3.63) is 47.8 Å². The molecule has 1 aromatic heterocycles. The van der Waals surface area contributed by atoms with Gasteiger partial charge in [-0.25, -0.2) is 9.97 Å². The van der Waals surface area contributed by atoms with Crippen molar-refractivity contribution in [2.24, 2.45) is 0 Å². The lowest BCUT2D eigenvalue weighted by Gasteiger charge is -2.07. The van der Waals surface area contributed by atoms with E-state index < -0.39 is 0 Å². The summed E-state index contributed by atoms with van der Waals surface area (Å²) in [7, 11) is 1.64. The van der Waals surface area contributed by atoms with Gasteiger partial charge in [-0.15, -0.1) is 0 Å². The van der Waals surface area contributed by atoms with Crippen LogP contribution in [0, 0.1) is 0 Å². The molecule has 6 heteroatoms. The fourth-order valence-corrected chi connectivity index (χ4v) is 2.20. The molecule has 0 unspecified atom stereocenters. The molecule has 120 valence electrons. The third kappa shape index (κ3) is 4.42. The van der Waals surface area contributed by atoms with Crippen molar-refractivity contribution >= 4 is 11.9 Å². The SMILES string of the molecule is COc1cccc(CCNC(=O)c2ccnc(NC3CC3)n2)c1. The minimum absolute atomic E-state index is 0.186. The highest BCUT2D eigenvalue weighted by atomic mass is 16.5. The molecule has 1 saturated carbocycles. The number of hydrogen-bond acceptors (Lipinski definition) is 5. The Morgan fingerprint density at radius 1 is 1.35 bits per heavy atom. The average Bonchev–Trinajstić information content (AvgIpc) is 3.39. The zero-order chi connectivity index (χ0) is 16.1.